The van der Waals surface area contributed by atoms with E-state index in [2.05, 4.69) is 9.47 Å². The Labute approximate surface area is 68.0 Å². The molecule has 0 unspecified atom stereocenters. The average Bonchev–Trinajstić information content (AvgIpc) is 2.03. The van der Waals surface area contributed by atoms with Gasteiger partial charge in [0, 0.05) is 13.8 Å². The summed E-state index contributed by atoms with van der Waals surface area (Å²) in [5, 5.41) is 8.15. The van der Waals surface area contributed by atoms with Crippen molar-refractivity contribution in [2.75, 3.05) is 0 Å². The summed E-state index contributed by atoms with van der Waals surface area (Å²) in [7, 11) is 0. The molecule has 1 N–H and O–H groups in total. The van der Waals surface area contributed by atoms with Crippen LogP contribution >= 0.6 is 0 Å². The summed E-state index contributed by atoms with van der Waals surface area (Å²) in [5.41, 5.74) is 0. The van der Waals surface area contributed by atoms with Gasteiger partial charge in [-0.25, -0.2) is 9.59 Å². The van der Waals surface area contributed by atoms with Crippen molar-refractivity contribution in [2.24, 2.45) is 0 Å². The number of ether oxygens (including phenoxy) is 3. The number of esters is 1. The highest BCUT2D eigenvalue weighted by Gasteiger charge is 2.43. The van der Waals surface area contributed by atoms with Crippen molar-refractivity contribution in [3.05, 3.63) is 0 Å². The molecule has 1 saturated heterocycles. The molecular formula is C6H8O6. The van der Waals surface area contributed by atoms with Crippen molar-refractivity contribution in [1.82, 2.24) is 0 Å². The first-order chi connectivity index (χ1) is 5.41. The van der Waals surface area contributed by atoms with Gasteiger partial charge in [0.1, 0.15) is 0 Å². The number of hydrogen-bond acceptors (Lipinski definition) is 5. The lowest BCUT2D eigenvalue weighted by Crippen LogP contribution is -2.25. The van der Waals surface area contributed by atoms with Crippen molar-refractivity contribution in [2.45, 2.75) is 25.9 Å². The first-order valence-electron chi connectivity index (χ1n) is 3.21. The molecule has 0 aromatic carbocycles. The third-order valence-electron chi connectivity index (χ3n) is 1.14. The third-order valence-corrected chi connectivity index (χ3v) is 1.14. The van der Waals surface area contributed by atoms with Gasteiger partial charge in [-0.3, -0.25) is 4.74 Å². The maximum atomic E-state index is 10.8. The Morgan fingerprint density at radius 2 is 2.25 bits per heavy atom. The van der Waals surface area contributed by atoms with Gasteiger partial charge in [0.05, 0.1) is 0 Å². The monoisotopic (exact) mass is 176 g/mol. The molecule has 0 aromatic heterocycles. The average molecular weight is 176 g/mol. The molecule has 0 spiro atoms. The number of rotatable bonds is 1. The zero-order valence-electron chi connectivity index (χ0n) is 6.57. The lowest BCUT2D eigenvalue weighted by atomic mass is 10.4. The summed E-state index contributed by atoms with van der Waals surface area (Å²) in [6, 6.07) is 0. The summed E-state index contributed by atoms with van der Waals surface area (Å²) in [5.74, 6) is -1.94. The predicted octanol–water partition coefficient (Wildman–Crippen LogP) is 0.317. The number of carbonyl (C=O) groups excluding carboxylic acids is 1. The minimum Gasteiger partial charge on any atom is -0.450 e. The van der Waals surface area contributed by atoms with E-state index in [-0.39, 0.29) is 0 Å². The molecule has 12 heavy (non-hydrogen) atoms. The molecule has 0 saturated carbocycles. The summed E-state index contributed by atoms with van der Waals surface area (Å²) in [6.07, 6.45) is -3.04. The number of hydrogen-bond donors (Lipinski definition) is 1. The molecule has 1 rings (SSSR count). The SMILES string of the molecule is CC1(C)OC(=O)[C@H](OC(=O)O)O1. The fourth-order valence-corrected chi connectivity index (χ4v) is 0.784. The van der Waals surface area contributed by atoms with Crippen LogP contribution in [-0.4, -0.2) is 29.3 Å². The predicted molar refractivity (Wildman–Crippen MR) is 34.2 cm³/mol. The Kier molecular flexibility index (Phi) is 1.93. The molecule has 1 atom stereocenters. The fraction of sp³-hybridized carbons (Fsp3) is 0.667. The van der Waals surface area contributed by atoms with Crippen LogP contribution in [0.25, 0.3) is 0 Å². The molecule has 0 aliphatic carbocycles. The second-order valence-corrected chi connectivity index (χ2v) is 2.65. The van der Waals surface area contributed by atoms with Crippen LogP contribution in [0.15, 0.2) is 0 Å². The second kappa shape index (κ2) is 2.63. The van der Waals surface area contributed by atoms with Crippen molar-refractivity contribution in [3.8, 4) is 0 Å². The molecule has 1 aliphatic heterocycles. The maximum absolute atomic E-state index is 10.8. The van der Waals surface area contributed by atoms with Gasteiger partial charge in [0.15, 0.2) is 0 Å². The normalized spacial score (nSPS) is 26.5. The maximum Gasteiger partial charge on any atom is 0.508 e. The van der Waals surface area contributed by atoms with E-state index in [0.717, 1.165) is 0 Å². The van der Waals surface area contributed by atoms with Crippen LogP contribution in [-0.2, 0) is 19.0 Å². The Bertz CT molecular complexity index is 220. The lowest BCUT2D eigenvalue weighted by Gasteiger charge is -2.13. The Morgan fingerprint density at radius 3 is 2.58 bits per heavy atom. The van der Waals surface area contributed by atoms with Gasteiger partial charge in [0.25, 0.3) is 0 Å². The summed E-state index contributed by atoms with van der Waals surface area (Å²) in [4.78, 5) is 20.8. The van der Waals surface area contributed by atoms with E-state index in [0.29, 0.717) is 0 Å². The van der Waals surface area contributed by atoms with Gasteiger partial charge in [-0.1, -0.05) is 0 Å². The molecule has 0 amide bonds. The molecule has 0 aromatic rings. The van der Waals surface area contributed by atoms with Crippen LogP contribution in [0, 0.1) is 0 Å². The highest BCUT2D eigenvalue weighted by molar-refractivity contribution is 5.77. The molecule has 1 aliphatic rings. The number of cyclic esters (lactones) is 1. The molecule has 1 fully saturated rings. The highest BCUT2D eigenvalue weighted by Crippen LogP contribution is 2.23. The standard InChI is InChI=1S/C6H8O6/c1-6(2)11-3(7)4(12-6)10-5(8)9/h4H,1-2H3,(H,8,9)/t4-/m1/s1. The van der Waals surface area contributed by atoms with Gasteiger partial charge in [0.2, 0.25) is 5.79 Å². The minimum atomic E-state index is -1.57. The van der Waals surface area contributed by atoms with Gasteiger partial charge >= 0.3 is 18.4 Å². The zero-order valence-corrected chi connectivity index (χ0v) is 6.57. The van der Waals surface area contributed by atoms with Crippen LogP contribution in [0.5, 0.6) is 0 Å². The number of carbonyl (C=O) groups is 2. The summed E-state index contributed by atoms with van der Waals surface area (Å²) < 4.78 is 13.5. The first kappa shape index (κ1) is 8.79. The van der Waals surface area contributed by atoms with Gasteiger partial charge in [-0.05, 0) is 0 Å². The second-order valence-electron chi connectivity index (χ2n) is 2.65. The summed E-state index contributed by atoms with van der Waals surface area (Å²) >= 11 is 0. The van der Waals surface area contributed by atoms with Gasteiger partial charge in [-0.15, -0.1) is 0 Å². The van der Waals surface area contributed by atoms with Crippen LogP contribution in [0.1, 0.15) is 13.8 Å². The highest BCUT2D eigenvalue weighted by atomic mass is 16.9. The smallest absolute Gasteiger partial charge is 0.450 e. The lowest BCUT2D eigenvalue weighted by molar-refractivity contribution is -0.178. The van der Waals surface area contributed by atoms with E-state index in [1.807, 2.05) is 0 Å². The van der Waals surface area contributed by atoms with E-state index in [1.54, 1.807) is 0 Å². The molecular weight excluding hydrogens is 168 g/mol. The zero-order chi connectivity index (χ0) is 9.35. The molecule has 0 bridgehead atoms. The number of carboxylic acid groups (broad SMARTS) is 1. The Morgan fingerprint density at radius 1 is 1.67 bits per heavy atom. The largest absolute Gasteiger partial charge is 0.508 e. The van der Waals surface area contributed by atoms with E-state index in [9.17, 15) is 9.59 Å². The molecule has 6 nitrogen and oxygen atoms in total. The van der Waals surface area contributed by atoms with Crippen molar-refractivity contribution < 1.29 is 28.9 Å². The molecule has 68 valence electrons. The van der Waals surface area contributed by atoms with Crippen LogP contribution in [0.4, 0.5) is 4.79 Å². The quantitative estimate of drug-likeness (QED) is 0.579. The van der Waals surface area contributed by atoms with Crippen LogP contribution in [0.2, 0.25) is 0 Å². The molecule has 6 heteroatoms. The van der Waals surface area contributed by atoms with Crippen molar-refractivity contribution >= 4 is 12.1 Å². The van der Waals surface area contributed by atoms with E-state index >= 15 is 0 Å². The molecule has 1 heterocycles. The fourth-order valence-electron chi connectivity index (χ4n) is 0.784. The Balaban J connectivity index is 2.58. The topological polar surface area (TPSA) is 82.1 Å². The molecule has 0 radical (unpaired) electrons. The van der Waals surface area contributed by atoms with Crippen LogP contribution in [0.3, 0.4) is 0 Å². The third kappa shape index (κ3) is 1.85. The van der Waals surface area contributed by atoms with Crippen LogP contribution < -0.4 is 0 Å². The Hall–Kier alpha value is -1.30. The van der Waals surface area contributed by atoms with Crippen molar-refractivity contribution in [1.29, 1.82) is 0 Å². The van der Waals surface area contributed by atoms with E-state index < -0.39 is 24.2 Å². The van der Waals surface area contributed by atoms with Crippen molar-refractivity contribution in [3.63, 3.8) is 0 Å². The first-order valence-corrected chi connectivity index (χ1v) is 3.21. The van der Waals surface area contributed by atoms with Gasteiger partial charge in [-0.2, -0.15) is 0 Å². The van der Waals surface area contributed by atoms with E-state index in [1.165, 1.54) is 13.8 Å². The summed E-state index contributed by atoms with van der Waals surface area (Å²) in [6.45, 7) is 2.96. The minimum absolute atomic E-state index is 0.831. The van der Waals surface area contributed by atoms with E-state index in [4.69, 9.17) is 9.84 Å². The van der Waals surface area contributed by atoms with Gasteiger partial charge < -0.3 is 14.6 Å².